The maximum atomic E-state index is 13.8. The van der Waals surface area contributed by atoms with Crippen LogP contribution < -0.4 is 9.62 Å². The standard InChI is InChI=1S/C28H30Cl2FN3O4S/c1-3-4-17-32-28(36)20(2)33(18-21-13-15-22(31)16-14-21)26(35)19-34(25-12-8-11-24(29)27(25)30)39(37,38)23-9-6-5-7-10-23/h5-16,20H,3-4,17-19H2,1-2H3,(H,32,36)/t20-/m0/s1. The molecule has 1 N–H and O–H groups in total. The molecule has 0 aliphatic carbocycles. The topological polar surface area (TPSA) is 86.8 Å². The van der Waals surface area contributed by atoms with Crippen molar-refractivity contribution in [3.63, 3.8) is 0 Å². The summed E-state index contributed by atoms with van der Waals surface area (Å²) < 4.78 is 41.9. The summed E-state index contributed by atoms with van der Waals surface area (Å²) in [6.45, 7) is 3.27. The monoisotopic (exact) mass is 593 g/mol. The third-order valence-corrected chi connectivity index (χ3v) is 8.66. The number of anilines is 1. The van der Waals surface area contributed by atoms with Crippen LogP contribution in [0.3, 0.4) is 0 Å². The fourth-order valence-corrected chi connectivity index (χ4v) is 5.72. The van der Waals surface area contributed by atoms with E-state index in [-0.39, 0.29) is 27.2 Å². The van der Waals surface area contributed by atoms with Crippen molar-refractivity contribution in [1.29, 1.82) is 0 Å². The first-order chi connectivity index (χ1) is 18.6. The number of rotatable bonds is 12. The second kappa shape index (κ2) is 13.8. The van der Waals surface area contributed by atoms with Crippen LogP contribution in [0.25, 0.3) is 0 Å². The number of halogens is 3. The number of carbonyl (C=O) groups excluding carboxylic acids is 2. The first kappa shape index (κ1) is 30.4. The number of carbonyl (C=O) groups is 2. The van der Waals surface area contributed by atoms with Crippen LogP contribution in [0, 0.1) is 5.82 Å². The van der Waals surface area contributed by atoms with E-state index < -0.39 is 40.2 Å². The van der Waals surface area contributed by atoms with Crippen molar-refractivity contribution in [3.8, 4) is 0 Å². The summed E-state index contributed by atoms with van der Waals surface area (Å²) in [5.74, 6) is -1.50. The molecule has 3 aromatic carbocycles. The Kier molecular flexibility index (Phi) is 10.7. The van der Waals surface area contributed by atoms with Gasteiger partial charge in [0.05, 0.1) is 20.6 Å². The highest BCUT2D eigenvalue weighted by atomic mass is 35.5. The van der Waals surface area contributed by atoms with E-state index in [1.54, 1.807) is 25.1 Å². The molecular weight excluding hydrogens is 564 g/mol. The van der Waals surface area contributed by atoms with E-state index >= 15 is 0 Å². The van der Waals surface area contributed by atoms with Gasteiger partial charge >= 0.3 is 0 Å². The molecule has 0 saturated heterocycles. The maximum absolute atomic E-state index is 13.8. The number of unbranched alkanes of at least 4 members (excludes halogenated alkanes) is 1. The van der Waals surface area contributed by atoms with E-state index in [1.807, 2.05) is 6.92 Å². The van der Waals surface area contributed by atoms with Crippen molar-refractivity contribution in [3.05, 3.63) is 94.2 Å². The molecule has 1 atom stereocenters. The Labute approximate surface area is 238 Å². The van der Waals surface area contributed by atoms with Crippen molar-refractivity contribution in [2.24, 2.45) is 0 Å². The van der Waals surface area contributed by atoms with Crippen molar-refractivity contribution >= 4 is 50.7 Å². The van der Waals surface area contributed by atoms with Gasteiger partial charge in [0.25, 0.3) is 10.0 Å². The van der Waals surface area contributed by atoms with E-state index in [2.05, 4.69) is 5.32 Å². The molecule has 7 nitrogen and oxygen atoms in total. The molecule has 0 fully saturated rings. The molecule has 0 unspecified atom stereocenters. The minimum atomic E-state index is -4.27. The van der Waals surface area contributed by atoms with Gasteiger partial charge in [-0.05, 0) is 55.3 Å². The van der Waals surface area contributed by atoms with Gasteiger partial charge < -0.3 is 10.2 Å². The maximum Gasteiger partial charge on any atom is 0.264 e. The van der Waals surface area contributed by atoms with Crippen LogP contribution >= 0.6 is 23.2 Å². The fraction of sp³-hybridized carbons (Fsp3) is 0.286. The first-order valence-corrected chi connectivity index (χ1v) is 14.6. The predicted molar refractivity (Wildman–Crippen MR) is 152 cm³/mol. The van der Waals surface area contributed by atoms with Crippen LogP contribution in [0.15, 0.2) is 77.7 Å². The van der Waals surface area contributed by atoms with Crippen LogP contribution in [0.2, 0.25) is 10.0 Å². The molecule has 0 aliphatic rings. The molecule has 39 heavy (non-hydrogen) atoms. The van der Waals surface area contributed by atoms with Gasteiger partial charge in [0.2, 0.25) is 11.8 Å². The number of benzene rings is 3. The van der Waals surface area contributed by atoms with Crippen LogP contribution in [0.4, 0.5) is 10.1 Å². The third-order valence-electron chi connectivity index (χ3n) is 6.07. The molecule has 0 saturated carbocycles. The summed E-state index contributed by atoms with van der Waals surface area (Å²) in [7, 11) is -4.27. The molecule has 2 amide bonds. The van der Waals surface area contributed by atoms with E-state index in [0.29, 0.717) is 12.1 Å². The Balaban J connectivity index is 2.02. The molecular formula is C28H30Cl2FN3O4S. The van der Waals surface area contributed by atoms with E-state index in [1.165, 1.54) is 59.5 Å². The normalized spacial score (nSPS) is 12.0. The summed E-state index contributed by atoms with van der Waals surface area (Å²) in [5, 5.41) is 2.88. The van der Waals surface area contributed by atoms with Gasteiger partial charge in [-0.2, -0.15) is 0 Å². The zero-order chi connectivity index (χ0) is 28.6. The summed E-state index contributed by atoms with van der Waals surface area (Å²) in [6, 6.07) is 16.7. The smallest absolute Gasteiger partial charge is 0.264 e. The lowest BCUT2D eigenvalue weighted by molar-refractivity contribution is -0.139. The van der Waals surface area contributed by atoms with E-state index in [0.717, 1.165) is 17.1 Å². The van der Waals surface area contributed by atoms with Gasteiger partial charge in [0, 0.05) is 13.1 Å². The molecule has 0 spiro atoms. The number of hydrogen-bond acceptors (Lipinski definition) is 4. The number of nitrogens with one attached hydrogen (secondary N) is 1. The number of amides is 2. The zero-order valence-corrected chi connectivity index (χ0v) is 23.9. The summed E-state index contributed by atoms with van der Waals surface area (Å²) in [5.41, 5.74) is 0.583. The van der Waals surface area contributed by atoms with Crippen molar-refractivity contribution < 1.29 is 22.4 Å². The fourth-order valence-electron chi connectivity index (χ4n) is 3.82. The summed E-state index contributed by atoms with van der Waals surface area (Å²) >= 11 is 12.6. The molecule has 0 heterocycles. The van der Waals surface area contributed by atoms with Gasteiger partial charge in [-0.15, -0.1) is 0 Å². The lowest BCUT2D eigenvalue weighted by Gasteiger charge is -2.32. The molecule has 3 rings (SSSR count). The highest BCUT2D eigenvalue weighted by Crippen LogP contribution is 2.35. The summed E-state index contributed by atoms with van der Waals surface area (Å²) in [6.07, 6.45) is 1.64. The minimum absolute atomic E-state index is 0.0168. The highest BCUT2D eigenvalue weighted by Gasteiger charge is 2.33. The lowest BCUT2D eigenvalue weighted by atomic mass is 10.1. The Morgan fingerprint density at radius 3 is 2.28 bits per heavy atom. The highest BCUT2D eigenvalue weighted by molar-refractivity contribution is 7.92. The molecule has 3 aromatic rings. The van der Waals surface area contributed by atoms with Crippen molar-refractivity contribution in [2.75, 3.05) is 17.4 Å². The van der Waals surface area contributed by atoms with Gasteiger partial charge in [0.1, 0.15) is 18.4 Å². The van der Waals surface area contributed by atoms with Crippen molar-refractivity contribution in [1.82, 2.24) is 10.2 Å². The first-order valence-electron chi connectivity index (χ1n) is 12.4. The molecule has 0 aliphatic heterocycles. The molecule has 0 aromatic heterocycles. The van der Waals surface area contributed by atoms with Gasteiger partial charge in [0.15, 0.2) is 0 Å². The zero-order valence-electron chi connectivity index (χ0n) is 21.6. The predicted octanol–water partition coefficient (Wildman–Crippen LogP) is 5.66. The Hall–Kier alpha value is -3.14. The van der Waals surface area contributed by atoms with Crippen LogP contribution in [0.1, 0.15) is 32.3 Å². The Morgan fingerprint density at radius 2 is 1.64 bits per heavy atom. The van der Waals surface area contributed by atoms with Gasteiger partial charge in [-0.1, -0.05) is 72.9 Å². The lowest BCUT2D eigenvalue weighted by Crippen LogP contribution is -2.51. The largest absolute Gasteiger partial charge is 0.354 e. The van der Waals surface area contributed by atoms with Crippen LogP contribution in [-0.4, -0.2) is 44.3 Å². The Bertz CT molecular complexity index is 1390. The van der Waals surface area contributed by atoms with Crippen LogP contribution in [0.5, 0.6) is 0 Å². The Morgan fingerprint density at radius 1 is 0.974 bits per heavy atom. The molecule has 0 bridgehead atoms. The number of sulfonamides is 1. The second-order valence-electron chi connectivity index (χ2n) is 8.87. The number of nitrogens with zero attached hydrogens (tertiary/aromatic N) is 2. The SMILES string of the molecule is CCCCNC(=O)[C@H](C)N(Cc1ccc(F)cc1)C(=O)CN(c1cccc(Cl)c1Cl)S(=O)(=O)c1ccccc1. The molecule has 0 radical (unpaired) electrons. The molecule has 11 heteroatoms. The quantitative estimate of drug-likeness (QED) is 0.274. The van der Waals surface area contributed by atoms with Crippen LogP contribution in [-0.2, 0) is 26.2 Å². The second-order valence-corrected chi connectivity index (χ2v) is 11.5. The molecule has 208 valence electrons. The van der Waals surface area contributed by atoms with Crippen molar-refractivity contribution in [2.45, 2.75) is 44.2 Å². The average molecular weight is 595 g/mol. The van der Waals surface area contributed by atoms with E-state index in [9.17, 15) is 22.4 Å². The average Bonchev–Trinajstić information content (AvgIpc) is 2.93. The third kappa shape index (κ3) is 7.71. The summed E-state index contributed by atoms with van der Waals surface area (Å²) in [4.78, 5) is 28.0. The van der Waals surface area contributed by atoms with Gasteiger partial charge in [-0.3, -0.25) is 13.9 Å². The van der Waals surface area contributed by atoms with E-state index in [4.69, 9.17) is 23.2 Å². The van der Waals surface area contributed by atoms with Gasteiger partial charge in [-0.25, -0.2) is 12.8 Å². The minimum Gasteiger partial charge on any atom is -0.354 e. The number of hydrogen-bond donors (Lipinski definition) is 1.